The van der Waals surface area contributed by atoms with Gasteiger partial charge in [0.2, 0.25) is 5.88 Å². The highest BCUT2D eigenvalue weighted by atomic mass is 16.5. The van der Waals surface area contributed by atoms with Crippen LogP contribution in [0.1, 0.15) is 15.9 Å². The first-order valence-corrected chi connectivity index (χ1v) is 7.16. The van der Waals surface area contributed by atoms with E-state index in [-0.39, 0.29) is 5.91 Å². The highest BCUT2D eigenvalue weighted by Gasteiger charge is 2.08. The summed E-state index contributed by atoms with van der Waals surface area (Å²) in [5.41, 5.74) is 1.70. The Morgan fingerprint density at radius 2 is 2.04 bits per heavy atom. The van der Waals surface area contributed by atoms with Crippen LogP contribution in [-0.2, 0) is 0 Å². The van der Waals surface area contributed by atoms with Crippen LogP contribution in [0.25, 0.3) is 0 Å². The number of hydrogen-bond acceptors (Lipinski definition) is 4. The molecule has 0 saturated carbocycles. The average Bonchev–Trinajstić information content (AvgIpc) is 2.63. The third-order valence-corrected chi connectivity index (χ3v) is 3.14. The molecule has 116 valence electrons. The number of nitrogens with zero attached hydrogens (tertiary/aromatic N) is 2. The van der Waals surface area contributed by atoms with Gasteiger partial charge in [-0.1, -0.05) is 12.0 Å². The van der Waals surface area contributed by atoms with Gasteiger partial charge in [0, 0.05) is 35.3 Å². The van der Waals surface area contributed by atoms with E-state index in [1.54, 1.807) is 67.1 Å². The van der Waals surface area contributed by atoms with E-state index in [0.717, 1.165) is 0 Å². The van der Waals surface area contributed by atoms with Crippen molar-refractivity contribution < 1.29 is 9.53 Å². The zero-order valence-electron chi connectivity index (χ0n) is 12.6. The zero-order chi connectivity index (χ0) is 16.8. The minimum atomic E-state index is -0.259. The Morgan fingerprint density at radius 1 is 1.12 bits per heavy atom. The molecule has 0 bridgehead atoms. The highest BCUT2D eigenvalue weighted by Crippen LogP contribution is 2.21. The first kappa shape index (κ1) is 15.3. The minimum Gasteiger partial charge on any atom is -0.437 e. The molecule has 0 saturated heterocycles. The molecule has 3 aromatic rings. The van der Waals surface area contributed by atoms with Crippen molar-refractivity contribution in [2.45, 2.75) is 0 Å². The maximum absolute atomic E-state index is 12.3. The maximum Gasteiger partial charge on any atom is 0.255 e. The van der Waals surface area contributed by atoms with Crippen molar-refractivity contribution in [3.63, 3.8) is 0 Å². The number of amides is 1. The van der Waals surface area contributed by atoms with Crippen molar-refractivity contribution in [1.29, 1.82) is 0 Å². The van der Waals surface area contributed by atoms with E-state index in [9.17, 15) is 4.79 Å². The van der Waals surface area contributed by atoms with E-state index in [2.05, 4.69) is 21.2 Å². The summed E-state index contributed by atoms with van der Waals surface area (Å²) in [4.78, 5) is 20.4. The minimum absolute atomic E-state index is 0.259. The number of ether oxygens (including phenoxy) is 1. The van der Waals surface area contributed by atoms with Crippen LogP contribution in [0.3, 0.4) is 0 Å². The number of terminal acetylenes is 1. The monoisotopic (exact) mass is 315 g/mol. The summed E-state index contributed by atoms with van der Waals surface area (Å²) in [5, 5.41) is 2.79. The fourth-order valence-corrected chi connectivity index (χ4v) is 2.02. The van der Waals surface area contributed by atoms with E-state index >= 15 is 0 Å². The summed E-state index contributed by atoms with van der Waals surface area (Å²) in [5.74, 6) is 3.17. The molecule has 0 fully saturated rings. The van der Waals surface area contributed by atoms with Gasteiger partial charge in [-0.3, -0.25) is 9.78 Å². The van der Waals surface area contributed by atoms with Crippen molar-refractivity contribution in [2.24, 2.45) is 0 Å². The van der Waals surface area contributed by atoms with Gasteiger partial charge in [0.1, 0.15) is 5.75 Å². The van der Waals surface area contributed by atoms with Crippen LogP contribution in [-0.4, -0.2) is 15.9 Å². The number of rotatable bonds is 4. The number of anilines is 1. The fourth-order valence-electron chi connectivity index (χ4n) is 2.02. The number of nitrogens with one attached hydrogen (secondary N) is 1. The standard InChI is InChI=1S/C19H13N3O2/c1-2-14-5-3-6-15(11-14)19(23)22-16-8-10-21-18(12-16)24-17-7-4-9-20-13-17/h1,3-13H,(H,21,22,23). The molecule has 1 aromatic carbocycles. The second-order valence-electron chi connectivity index (χ2n) is 4.85. The second kappa shape index (κ2) is 7.07. The predicted molar refractivity (Wildman–Crippen MR) is 90.9 cm³/mol. The molecule has 1 N–H and O–H groups in total. The van der Waals surface area contributed by atoms with E-state index in [0.29, 0.717) is 28.4 Å². The van der Waals surface area contributed by atoms with Crippen LogP contribution >= 0.6 is 0 Å². The van der Waals surface area contributed by atoms with Gasteiger partial charge in [0.25, 0.3) is 5.91 Å². The van der Waals surface area contributed by atoms with Gasteiger partial charge >= 0.3 is 0 Å². The Hall–Kier alpha value is -3.65. The van der Waals surface area contributed by atoms with Crippen LogP contribution in [0.4, 0.5) is 5.69 Å². The van der Waals surface area contributed by atoms with Crippen LogP contribution in [0, 0.1) is 12.3 Å². The lowest BCUT2D eigenvalue weighted by Gasteiger charge is -2.08. The quantitative estimate of drug-likeness (QED) is 0.748. The molecule has 0 unspecified atom stereocenters. The van der Waals surface area contributed by atoms with E-state index < -0.39 is 0 Å². The smallest absolute Gasteiger partial charge is 0.255 e. The van der Waals surface area contributed by atoms with Gasteiger partial charge in [0.05, 0.1) is 6.20 Å². The predicted octanol–water partition coefficient (Wildman–Crippen LogP) is 3.50. The van der Waals surface area contributed by atoms with Gasteiger partial charge in [-0.25, -0.2) is 4.98 Å². The summed E-state index contributed by atoms with van der Waals surface area (Å²) in [6, 6.07) is 13.7. The third kappa shape index (κ3) is 3.76. The number of benzene rings is 1. The van der Waals surface area contributed by atoms with Crippen molar-refractivity contribution in [3.05, 3.63) is 78.2 Å². The Balaban J connectivity index is 1.74. The number of carbonyl (C=O) groups excluding carboxylic acids is 1. The molecule has 5 nitrogen and oxygen atoms in total. The Kier molecular flexibility index (Phi) is 4.50. The third-order valence-electron chi connectivity index (χ3n) is 3.14. The lowest BCUT2D eigenvalue weighted by Crippen LogP contribution is -2.12. The van der Waals surface area contributed by atoms with Gasteiger partial charge in [-0.05, 0) is 36.4 Å². The van der Waals surface area contributed by atoms with Crippen molar-refractivity contribution >= 4 is 11.6 Å². The molecule has 0 aliphatic heterocycles. The molecular weight excluding hydrogens is 302 g/mol. The summed E-state index contributed by atoms with van der Waals surface area (Å²) in [6.07, 6.45) is 10.1. The van der Waals surface area contributed by atoms with Gasteiger partial charge < -0.3 is 10.1 Å². The van der Waals surface area contributed by atoms with E-state index in [1.165, 1.54) is 0 Å². The fraction of sp³-hybridized carbons (Fsp3) is 0. The number of hydrogen-bond donors (Lipinski definition) is 1. The van der Waals surface area contributed by atoms with Crippen molar-refractivity contribution in [2.75, 3.05) is 5.32 Å². The Labute approximate surface area is 139 Å². The van der Waals surface area contributed by atoms with Crippen molar-refractivity contribution in [3.8, 4) is 24.0 Å². The van der Waals surface area contributed by atoms with Gasteiger partial charge in [0.15, 0.2) is 0 Å². The highest BCUT2D eigenvalue weighted by molar-refractivity contribution is 6.04. The topological polar surface area (TPSA) is 64.1 Å². The summed E-state index contributed by atoms with van der Waals surface area (Å²) in [6.45, 7) is 0. The zero-order valence-corrected chi connectivity index (χ0v) is 12.6. The van der Waals surface area contributed by atoms with Crippen LogP contribution < -0.4 is 10.1 Å². The molecule has 2 aromatic heterocycles. The summed E-state index contributed by atoms with van der Waals surface area (Å²) in [7, 11) is 0. The molecule has 0 spiro atoms. The van der Waals surface area contributed by atoms with Crippen LogP contribution in [0.5, 0.6) is 11.6 Å². The lowest BCUT2D eigenvalue weighted by atomic mass is 10.1. The average molecular weight is 315 g/mol. The van der Waals surface area contributed by atoms with Gasteiger partial charge in [-0.2, -0.15) is 0 Å². The molecule has 2 heterocycles. The molecule has 24 heavy (non-hydrogen) atoms. The van der Waals surface area contributed by atoms with Crippen molar-refractivity contribution in [1.82, 2.24) is 9.97 Å². The molecule has 5 heteroatoms. The molecule has 0 atom stereocenters. The Morgan fingerprint density at radius 3 is 2.83 bits per heavy atom. The largest absolute Gasteiger partial charge is 0.437 e. The molecule has 0 aliphatic rings. The Bertz CT molecular complexity index is 902. The molecule has 0 radical (unpaired) electrons. The molecule has 1 amide bonds. The van der Waals surface area contributed by atoms with Crippen LogP contribution in [0.2, 0.25) is 0 Å². The lowest BCUT2D eigenvalue weighted by molar-refractivity contribution is 0.102. The number of carbonyl (C=O) groups is 1. The maximum atomic E-state index is 12.3. The number of aromatic nitrogens is 2. The summed E-state index contributed by atoms with van der Waals surface area (Å²) < 4.78 is 5.59. The number of pyridine rings is 2. The SMILES string of the molecule is C#Cc1cccc(C(=O)Nc2ccnc(Oc3cccnc3)c2)c1. The molecule has 0 aliphatic carbocycles. The molecular formula is C19H13N3O2. The first-order valence-electron chi connectivity index (χ1n) is 7.16. The van der Waals surface area contributed by atoms with Gasteiger partial charge in [-0.15, -0.1) is 6.42 Å². The van der Waals surface area contributed by atoms with E-state index in [1.807, 2.05) is 0 Å². The normalized spacial score (nSPS) is 9.79. The first-order chi connectivity index (χ1) is 11.7. The van der Waals surface area contributed by atoms with Crippen LogP contribution in [0.15, 0.2) is 67.1 Å². The molecule has 3 rings (SSSR count). The summed E-state index contributed by atoms with van der Waals surface area (Å²) >= 11 is 0. The second-order valence-corrected chi connectivity index (χ2v) is 4.85. The van der Waals surface area contributed by atoms with E-state index in [4.69, 9.17) is 11.2 Å².